The van der Waals surface area contributed by atoms with Gasteiger partial charge in [0.05, 0.1) is 31.0 Å². The lowest BCUT2D eigenvalue weighted by molar-refractivity contribution is 0.0606. The average Bonchev–Trinajstić information content (AvgIpc) is 3.42. The first-order chi connectivity index (χ1) is 15.5. The number of esters is 1. The Balaban J connectivity index is 1.49. The number of carbonyl (C=O) groups excluding carboxylic acids is 1. The average molecular weight is 480 g/mol. The Hall–Kier alpha value is -1.63. The molecule has 176 valence electrons. The van der Waals surface area contributed by atoms with Crippen LogP contribution in [0.5, 0.6) is 5.75 Å². The van der Waals surface area contributed by atoms with Crippen LogP contribution in [-0.4, -0.2) is 35.2 Å². The first kappa shape index (κ1) is 25.0. The molecule has 2 aromatic rings. The fourth-order valence-corrected chi connectivity index (χ4v) is 5.68. The summed E-state index contributed by atoms with van der Waals surface area (Å²) in [4.78, 5) is 16.5. The van der Waals surface area contributed by atoms with Crippen molar-refractivity contribution in [3.8, 4) is 5.75 Å². The van der Waals surface area contributed by atoms with E-state index in [4.69, 9.17) is 21.1 Å². The topological polar surface area (TPSA) is 68.7 Å². The zero-order valence-electron chi connectivity index (χ0n) is 19.0. The Morgan fingerprint density at radius 1 is 1.34 bits per heavy atom. The number of halogens is 1. The third-order valence-electron chi connectivity index (χ3n) is 6.31. The van der Waals surface area contributed by atoms with E-state index in [1.165, 1.54) is 18.4 Å². The number of thiazole rings is 1. The van der Waals surface area contributed by atoms with Crippen LogP contribution in [0.25, 0.3) is 0 Å². The molecule has 2 unspecified atom stereocenters. The summed E-state index contributed by atoms with van der Waals surface area (Å²) in [6, 6.07) is 7.81. The maximum atomic E-state index is 11.6. The number of ether oxygens (including phenoxy) is 2. The molecule has 0 spiro atoms. The zero-order valence-corrected chi connectivity index (χ0v) is 20.5. The maximum Gasteiger partial charge on any atom is 0.349 e. The summed E-state index contributed by atoms with van der Waals surface area (Å²) in [5, 5.41) is 11.5. The fourth-order valence-electron chi connectivity index (χ4n) is 4.40. The number of alkyl halides is 1. The molecule has 1 aliphatic rings. The Bertz CT molecular complexity index is 858. The molecular weight excluding hydrogens is 446 g/mol. The molecule has 1 N–H and O–H groups in total. The van der Waals surface area contributed by atoms with Gasteiger partial charge in [-0.25, -0.2) is 9.78 Å². The van der Waals surface area contributed by atoms with Crippen molar-refractivity contribution in [3.63, 3.8) is 0 Å². The third kappa shape index (κ3) is 6.93. The number of aromatic nitrogens is 1. The van der Waals surface area contributed by atoms with Crippen molar-refractivity contribution in [3.05, 3.63) is 45.9 Å². The number of hydrogen-bond donors (Lipinski definition) is 1. The SMILES string of the molecule is CCCCC(O)c1cccc(OC[C@H]2C(Cl)CC[C@@H]2CCCc2ncc(C(=O)OC)s2)c1. The molecule has 0 aliphatic heterocycles. The van der Waals surface area contributed by atoms with Gasteiger partial charge in [-0.3, -0.25) is 0 Å². The van der Waals surface area contributed by atoms with Crippen LogP contribution in [0, 0.1) is 11.8 Å². The Morgan fingerprint density at radius 3 is 2.97 bits per heavy atom. The molecule has 1 heterocycles. The van der Waals surface area contributed by atoms with Crippen LogP contribution in [-0.2, 0) is 11.2 Å². The summed E-state index contributed by atoms with van der Waals surface area (Å²) in [7, 11) is 1.39. The molecule has 1 fully saturated rings. The summed E-state index contributed by atoms with van der Waals surface area (Å²) >= 11 is 8.05. The van der Waals surface area contributed by atoms with Crippen LogP contribution in [0.15, 0.2) is 30.5 Å². The van der Waals surface area contributed by atoms with Gasteiger partial charge in [-0.15, -0.1) is 22.9 Å². The number of carbonyl (C=O) groups is 1. The van der Waals surface area contributed by atoms with Crippen LogP contribution in [0.1, 0.15) is 78.2 Å². The lowest BCUT2D eigenvalue weighted by atomic mass is 9.91. The minimum absolute atomic E-state index is 0.129. The van der Waals surface area contributed by atoms with Crippen molar-refractivity contribution in [2.24, 2.45) is 11.8 Å². The monoisotopic (exact) mass is 479 g/mol. The largest absolute Gasteiger partial charge is 0.493 e. The molecule has 0 radical (unpaired) electrons. The Morgan fingerprint density at radius 2 is 2.19 bits per heavy atom. The number of unbranched alkanes of at least 4 members (excludes halogenated alkanes) is 1. The minimum Gasteiger partial charge on any atom is -0.493 e. The van der Waals surface area contributed by atoms with E-state index in [0.717, 1.165) is 67.7 Å². The molecule has 5 nitrogen and oxygen atoms in total. The van der Waals surface area contributed by atoms with E-state index in [2.05, 4.69) is 11.9 Å². The van der Waals surface area contributed by atoms with E-state index in [9.17, 15) is 9.90 Å². The summed E-state index contributed by atoms with van der Waals surface area (Å²) in [5.74, 6) is 1.31. The number of methoxy groups -OCH3 is 1. The second-order valence-corrected chi connectivity index (χ2v) is 10.2. The quantitative estimate of drug-likeness (QED) is 0.290. The number of aliphatic hydroxyl groups excluding tert-OH is 1. The molecule has 1 aromatic heterocycles. The summed E-state index contributed by atoms with van der Waals surface area (Å²) < 4.78 is 10.9. The first-order valence-electron chi connectivity index (χ1n) is 11.6. The summed E-state index contributed by atoms with van der Waals surface area (Å²) in [6.45, 7) is 2.72. The normalized spacial score (nSPS) is 21.4. The van der Waals surface area contributed by atoms with Crippen LogP contribution < -0.4 is 4.74 Å². The maximum absolute atomic E-state index is 11.6. The van der Waals surface area contributed by atoms with Crippen molar-refractivity contribution in [1.29, 1.82) is 0 Å². The van der Waals surface area contributed by atoms with E-state index in [-0.39, 0.29) is 11.3 Å². The van der Waals surface area contributed by atoms with Gasteiger partial charge in [0.2, 0.25) is 0 Å². The molecule has 0 amide bonds. The highest BCUT2D eigenvalue weighted by Gasteiger charge is 2.35. The van der Waals surface area contributed by atoms with E-state index in [1.807, 2.05) is 24.3 Å². The molecule has 1 aliphatic carbocycles. The lowest BCUT2D eigenvalue weighted by Gasteiger charge is -2.22. The number of benzene rings is 1. The molecule has 1 aromatic carbocycles. The number of aliphatic hydroxyl groups is 1. The first-order valence-corrected chi connectivity index (χ1v) is 12.8. The van der Waals surface area contributed by atoms with Gasteiger partial charge in [0.25, 0.3) is 0 Å². The fraction of sp³-hybridized carbons (Fsp3) is 0.600. The van der Waals surface area contributed by atoms with Gasteiger partial charge in [-0.1, -0.05) is 31.9 Å². The van der Waals surface area contributed by atoms with Crippen molar-refractivity contribution in [1.82, 2.24) is 4.98 Å². The molecule has 0 saturated heterocycles. The van der Waals surface area contributed by atoms with Gasteiger partial charge < -0.3 is 14.6 Å². The van der Waals surface area contributed by atoms with Crippen molar-refractivity contribution in [2.75, 3.05) is 13.7 Å². The molecular formula is C25H34ClNO4S. The van der Waals surface area contributed by atoms with Crippen molar-refractivity contribution >= 4 is 28.9 Å². The number of aryl methyl sites for hydroxylation is 1. The minimum atomic E-state index is -0.441. The van der Waals surface area contributed by atoms with E-state index in [0.29, 0.717) is 23.3 Å². The molecule has 0 bridgehead atoms. The van der Waals surface area contributed by atoms with Crippen molar-refractivity contribution in [2.45, 2.75) is 69.8 Å². The van der Waals surface area contributed by atoms with Crippen LogP contribution >= 0.6 is 22.9 Å². The van der Waals surface area contributed by atoms with Crippen LogP contribution in [0.4, 0.5) is 0 Å². The van der Waals surface area contributed by atoms with E-state index < -0.39 is 6.10 Å². The smallest absolute Gasteiger partial charge is 0.349 e. The predicted octanol–water partition coefficient (Wildman–Crippen LogP) is 6.19. The van der Waals surface area contributed by atoms with E-state index in [1.54, 1.807) is 6.20 Å². The lowest BCUT2D eigenvalue weighted by Crippen LogP contribution is -2.23. The molecule has 4 atom stereocenters. The predicted molar refractivity (Wildman–Crippen MR) is 129 cm³/mol. The number of rotatable bonds is 12. The van der Waals surface area contributed by atoms with Gasteiger partial charge in [0.1, 0.15) is 10.6 Å². The number of hydrogen-bond acceptors (Lipinski definition) is 6. The van der Waals surface area contributed by atoms with Crippen LogP contribution in [0.2, 0.25) is 0 Å². The summed E-state index contributed by atoms with van der Waals surface area (Å²) in [6.07, 6.45) is 9.08. The zero-order chi connectivity index (χ0) is 22.9. The summed E-state index contributed by atoms with van der Waals surface area (Å²) in [5.41, 5.74) is 0.913. The Labute approximate surface area is 200 Å². The molecule has 1 saturated carbocycles. The Kier molecular flexibility index (Phi) is 9.82. The standard InChI is InChI=1S/C25H34ClNO4S/c1-3-4-10-22(28)18-8-5-9-19(14-18)31-16-20-17(12-13-21(20)26)7-6-11-24-27-15-23(32-24)25(29)30-2/h5,8-9,14-15,17,20-22,28H,3-4,6-7,10-13,16H2,1-2H3/t17-,20+,21?,22?/m0/s1. The van der Waals surface area contributed by atoms with Crippen LogP contribution in [0.3, 0.4) is 0 Å². The highest BCUT2D eigenvalue weighted by atomic mass is 35.5. The van der Waals surface area contributed by atoms with Gasteiger partial charge >= 0.3 is 5.97 Å². The highest BCUT2D eigenvalue weighted by Crippen LogP contribution is 2.39. The van der Waals surface area contributed by atoms with Gasteiger partial charge in [-0.05, 0) is 62.1 Å². The van der Waals surface area contributed by atoms with Gasteiger partial charge in [0.15, 0.2) is 0 Å². The highest BCUT2D eigenvalue weighted by molar-refractivity contribution is 7.13. The third-order valence-corrected chi connectivity index (χ3v) is 7.88. The molecule has 3 rings (SSSR count). The van der Waals surface area contributed by atoms with Gasteiger partial charge in [0, 0.05) is 11.3 Å². The number of nitrogens with zero attached hydrogens (tertiary/aromatic N) is 1. The van der Waals surface area contributed by atoms with Crippen molar-refractivity contribution < 1.29 is 19.4 Å². The second-order valence-electron chi connectivity index (χ2n) is 8.56. The van der Waals surface area contributed by atoms with Gasteiger partial charge in [-0.2, -0.15) is 0 Å². The van der Waals surface area contributed by atoms with E-state index >= 15 is 0 Å². The molecule has 32 heavy (non-hydrogen) atoms. The second kappa shape index (κ2) is 12.6. The molecule has 7 heteroatoms.